The first-order valence-electron chi connectivity index (χ1n) is 13.4. The normalized spacial score (nSPS) is 14.2. The number of ether oxygens (including phenoxy) is 1. The average Bonchev–Trinajstić information content (AvgIpc) is 3.12. The molecule has 0 saturated heterocycles. The number of benzene rings is 3. The second kappa shape index (κ2) is 13.5. The lowest BCUT2D eigenvalue weighted by atomic mass is 9.88. The molecule has 39 heavy (non-hydrogen) atoms. The topological polar surface area (TPSA) is 9.23 Å². The number of unbranched alkanes of at least 4 members (excludes halogenated alkanes) is 1. The summed E-state index contributed by atoms with van der Waals surface area (Å²) in [5.41, 5.74) is 7.67. The van der Waals surface area contributed by atoms with Crippen LogP contribution in [0.15, 0.2) is 78.9 Å². The molecule has 0 saturated carbocycles. The van der Waals surface area contributed by atoms with Crippen molar-refractivity contribution in [1.82, 2.24) is 0 Å². The minimum absolute atomic E-state index is 0.160. The quantitative estimate of drug-likeness (QED) is 0.161. The van der Waals surface area contributed by atoms with Crippen LogP contribution in [-0.4, -0.2) is 30.2 Å². The summed E-state index contributed by atoms with van der Waals surface area (Å²) in [4.78, 5) is 0. The van der Waals surface area contributed by atoms with Crippen molar-refractivity contribution in [3.05, 3.63) is 101 Å². The maximum absolute atomic E-state index is 12.9. The minimum atomic E-state index is -5.46. The molecule has 7 heteroatoms. The molecule has 3 aromatic carbocycles. The predicted molar refractivity (Wildman–Crippen MR) is 150 cm³/mol. The lowest BCUT2D eigenvalue weighted by molar-refractivity contribution is -0.284. The lowest BCUT2D eigenvalue weighted by Gasteiger charge is -2.19. The maximum atomic E-state index is 12.9. The molecule has 0 amide bonds. The summed E-state index contributed by atoms with van der Waals surface area (Å²) >= 11 is 1.40. The van der Waals surface area contributed by atoms with Gasteiger partial charge in [0, 0.05) is 6.42 Å². The molecule has 3 aromatic rings. The molecule has 0 bridgehead atoms. The molecule has 4 rings (SSSR count). The third-order valence-electron chi connectivity index (χ3n) is 6.87. The number of thioether (sulfide) groups is 1. The number of hydrogen-bond donors (Lipinski definition) is 0. The Morgan fingerprint density at radius 1 is 0.692 bits per heavy atom. The Morgan fingerprint density at radius 2 is 1.38 bits per heavy atom. The van der Waals surface area contributed by atoms with E-state index in [0.717, 1.165) is 43.4 Å². The van der Waals surface area contributed by atoms with Gasteiger partial charge in [-0.15, -0.1) is 0 Å². The molecule has 0 atom stereocenters. The predicted octanol–water partition coefficient (Wildman–Crippen LogP) is 9.85. The highest BCUT2D eigenvalue weighted by Crippen LogP contribution is 2.40. The van der Waals surface area contributed by atoms with E-state index in [1.54, 1.807) is 0 Å². The smallest absolute Gasteiger partial charge is 0.453 e. The third-order valence-corrected chi connectivity index (χ3v) is 8.03. The number of allylic oxidation sites excluding steroid dienone is 1. The first kappa shape index (κ1) is 29.2. The van der Waals surface area contributed by atoms with Crippen LogP contribution in [0.5, 0.6) is 5.75 Å². The van der Waals surface area contributed by atoms with Gasteiger partial charge in [-0.3, -0.25) is 0 Å². The van der Waals surface area contributed by atoms with Gasteiger partial charge < -0.3 is 4.74 Å². The molecule has 0 unspecified atom stereocenters. The Hall–Kier alpha value is -2.80. The highest BCUT2D eigenvalue weighted by atomic mass is 32.2. The van der Waals surface area contributed by atoms with E-state index in [2.05, 4.69) is 60.7 Å². The summed E-state index contributed by atoms with van der Waals surface area (Å²) in [6, 6.07) is 27.4. The van der Waals surface area contributed by atoms with Gasteiger partial charge in [-0.05, 0) is 95.6 Å². The monoisotopic (exact) mass is 560 g/mol. The Bertz CT molecular complexity index is 1220. The number of hydrogen-bond acceptors (Lipinski definition) is 2. The molecule has 1 aliphatic rings. The summed E-state index contributed by atoms with van der Waals surface area (Å²) in [5.74, 6) is -2.83. The molecule has 0 aromatic heterocycles. The fourth-order valence-corrected chi connectivity index (χ4v) is 5.80. The van der Waals surface area contributed by atoms with Gasteiger partial charge in [-0.2, -0.15) is 33.7 Å². The van der Waals surface area contributed by atoms with Gasteiger partial charge in [0.25, 0.3) is 0 Å². The van der Waals surface area contributed by atoms with Crippen molar-refractivity contribution in [3.63, 3.8) is 0 Å². The van der Waals surface area contributed by atoms with Crippen molar-refractivity contribution in [2.24, 2.45) is 0 Å². The fraction of sp³-hybridized carbons (Fsp3) is 0.375. The lowest BCUT2D eigenvalue weighted by Crippen LogP contribution is -2.36. The fourth-order valence-electron chi connectivity index (χ4n) is 4.84. The zero-order chi connectivity index (χ0) is 27.7. The van der Waals surface area contributed by atoms with Crippen LogP contribution in [0.1, 0.15) is 60.8 Å². The Morgan fingerprint density at radius 3 is 2.13 bits per heavy atom. The van der Waals surface area contributed by atoms with E-state index in [4.69, 9.17) is 4.74 Å². The van der Waals surface area contributed by atoms with Gasteiger partial charge in [-0.1, -0.05) is 66.7 Å². The zero-order valence-electron chi connectivity index (χ0n) is 21.8. The van der Waals surface area contributed by atoms with Crippen LogP contribution in [0.2, 0.25) is 0 Å². The molecule has 1 aliphatic carbocycles. The van der Waals surface area contributed by atoms with E-state index in [9.17, 15) is 22.0 Å². The third kappa shape index (κ3) is 7.87. The van der Waals surface area contributed by atoms with E-state index in [1.165, 1.54) is 39.6 Å². The van der Waals surface area contributed by atoms with Crippen molar-refractivity contribution in [1.29, 1.82) is 0 Å². The van der Waals surface area contributed by atoms with Crippen LogP contribution in [0.25, 0.3) is 11.1 Å². The van der Waals surface area contributed by atoms with Crippen LogP contribution in [0.3, 0.4) is 0 Å². The molecule has 1 nitrogen and oxygen atoms in total. The van der Waals surface area contributed by atoms with Crippen molar-refractivity contribution >= 4 is 22.9 Å². The van der Waals surface area contributed by atoms with Gasteiger partial charge in [-0.25, -0.2) is 0 Å². The average molecular weight is 561 g/mol. The number of rotatable bonds is 12. The standard InChI is InChI=1S/C32H33F5OS/c33-31(34,32(35,36)37)20-9-23-39-22-7-6-21-38-27-18-16-26(17-19-27)30-28-14-5-4-12-25(28)13-8-15-29(30)24-10-2-1-3-11-24/h1-5,10-12,14,16-19H,6-9,13,15,20-23H2. The van der Waals surface area contributed by atoms with Crippen LogP contribution < -0.4 is 4.74 Å². The molecule has 0 fully saturated rings. The van der Waals surface area contributed by atoms with Gasteiger partial charge in [0.2, 0.25) is 0 Å². The molecule has 0 heterocycles. The first-order valence-corrected chi connectivity index (χ1v) is 14.5. The number of halogens is 5. The minimum Gasteiger partial charge on any atom is -0.494 e. The van der Waals surface area contributed by atoms with Gasteiger partial charge in [0.15, 0.2) is 0 Å². The van der Waals surface area contributed by atoms with Crippen molar-refractivity contribution in [2.75, 3.05) is 18.1 Å². The zero-order valence-corrected chi connectivity index (χ0v) is 22.6. The molecule has 0 aliphatic heterocycles. The van der Waals surface area contributed by atoms with E-state index in [-0.39, 0.29) is 12.2 Å². The number of fused-ring (bicyclic) bond motifs is 1. The van der Waals surface area contributed by atoms with Crippen LogP contribution in [0, 0.1) is 0 Å². The summed E-state index contributed by atoms with van der Waals surface area (Å²) in [6.45, 7) is 0.521. The molecular formula is C32H33F5OS. The second-order valence-electron chi connectivity index (χ2n) is 9.73. The van der Waals surface area contributed by atoms with E-state index >= 15 is 0 Å². The number of alkyl halides is 5. The number of aryl methyl sites for hydroxylation is 1. The van der Waals surface area contributed by atoms with Crippen molar-refractivity contribution in [2.45, 2.75) is 57.0 Å². The summed E-state index contributed by atoms with van der Waals surface area (Å²) in [5, 5.41) is 0. The highest BCUT2D eigenvalue weighted by molar-refractivity contribution is 7.99. The highest BCUT2D eigenvalue weighted by Gasteiger charge is 2.56. The van der Waals surface area contributed by atoms with E-state index < -0.39 is 18.5 Å². The van der Waals surface area contributed by atoms with Crippen LogP contribution in [-0.2, 0) is 6.42 Å². The van der Waals surface area contributed by atoms with Gasteiger partial charge in [0.1, 0.15) is 5.75 Å². The van der Waals surface area contributed by atoms with Crippen molar-refractivity contribution in [3.8, 4) is 5.75 Å². The Balaban J connectivity index is 1.30. The second-order valence-corrected chi connectivity index (χ2v) is 11.0. The van der Waals surface area contributed by atoms with Crippen molar-refractivity contribution < 1.29 is 26.7 Å². The molecular weight excluding hydrogens is 527 g/mol. The SMILES string of the molecule is FC(F)(F)C(F)(F)CCCSCCCCOc1ccc(C2=C(c3ccccc3)CCCc3ccccc32)cc1. The van der Waals surface area contributed by atoms with E-state index in [1.807, 2.05) is 18.2 Å². The van der Waals surface area contributed by atoms with Gasteiger partial charge in [0.05, 0.1) is 6.61 Å². The Labute approximate surface area is 231 Å². The molecule has 208 valence electrons. The first-order chi connectivity index (χ1) is 18.8. The van der Waals surface area contributed by atoms with Gasteiger partial charge >= 0.3 is 12.1 Å². The molecule has 0 spiro atoms. The van der Waals surface area contributed by atoms with Crippen LogP contribution >= 0.6 is 11.8 Å². The summed E-state index contributed by atoms with van der Waals surface area (Å²) in [7, 11) is 0. The molecule has 0 radical (unpaired) electrons. The largest absolute Gasteiger partial charge is 0.494 e. The summed E-state index contributed by atoms with van der Waals surface area (Å²) < 4.78 is 68.4. The Kier molecular flexibility index (Phi) is 10.1. The summed E-state index contributed by atoms with van der Waals surface area (Å²) in [6.07, 6.45) is -2.03. The van der Waals surface area contributed by atoms with Crippen LogP contribution in [0.4, 0.5) is 22.0 Å². The molecule has 0 N–H and O–H groups in total. The van der Waals surface area contributed by atoms with E-state index in [0.29, 0.717) is 12.4 Å². The maximum Gasteiger partial charge on any atom is 0.453 e.